The van der Waals surface area contributed by atoms with E-state index in [9.17, 15) is 9.59 Å². The first kappa shape index (κ1) is 23.0. The molecule has 4 rings (SSSR count). The SMILES string of the molecule is CCc1ccc(-n2c(C(C)N(C)C(=O)c3ccc(Cl)cc3Cl)nc3ccccc3c2=O)cc1. The van der Waals surface area contributed by atoms with Gasteiger partial charge >= 0.3 is 0 Å². The van der Waals surface area contributed by atoms with Crippen molar-refractivity contribution in [2.45, 2.75) is 26.3 Å². The van der Waals surface area contributed by atoms with E-state index in [1.54, 1.807) is 35.9 Å². The molecule has 0 N–H and O–H groups in total. The average molecular weight is 480 g/mol. The van der Waals surface area contributed by atoms with Gasteiger partial charge in [0.1, 0.15) is 5.82 Å². The van der Waals surface area contributed by atoms with Crippen molar-refractivity contribution in [3.8, 4) is 5.69 Å². The molecule has 1 heterocycles. The van der Waals surface area contributed by atoms with E-state index in [2.05, 4.69) is 6.92 Å². The number of carbonyl (C=O) groups excluding carboxylic acids is 1. The van der Waals surface area contributed by atoms with E-state index in [0.29, 0.717) is 33.0 Å². The highest BCUT2D eigenvalue weighted by atomic mass is 35.5. The maximum atomic E-state index is 13.5. The van der Waals surface area contributed by atoms with Gasteiger partial charge in [-0.2, -0.15) is 0 Å². The fourth-order valence-corrected chi connectivity index (χ4v) is 4.25. The van der Waals surface area contributed by atoms with Gasteiger partial charge in [-0.15, -0.1) is 0 Å². The van der Waals surface area contributed by atoms with E-state index in [1.807, 2.05) is 43.3 Å². The Morgan fingerprint density at radius 2 is 1.76 bits per heavy atom. The van der Waals surface area contributed by atoms with Crippen LogP contribution in [0.25, 0.3) is 16.6 Å². The number of nitrogens with zero attached hydrogens (tertiary/aromatic N) is 3. The minimum atomic E-state index is -0.521. The topological polar surface area (TPSA) is 55.2 Å². The highest BCUT2D eigenvalue weighted by molar-refractivity contribution is 6.36. The fourth-order valence-electron chi connectivity index (χ4n) is 3.76. The first-order chi connectivity index (χ1) is 15.8. The molecule has 1 unspecified atom stereocenters. The highest BCUT2D eigenvalue weighted by Gasteiger charge is 2.26. The third kappa shape index (κ3) is 4.39. The van der Waals surface area contributed by atoms with Crippen LogP contribution in [0.15, 0.2) is 71.5 Å². The van der Waals surface area contributed by atoms with Crippen molar-refractivity contribution >= 4 is 40.0 Å². The Kier molecular flexibility index (Phi) is 6.54. The van der Waals surface area contributed by atoms with Gasteiger partial charge in [-0.25, -0.2) is 4.98 Å². The van der Waals surface area contributed by atoms with Crippen LogP contribution in [0.4, 0.5) is 0 Å². The van der Waals surface area contributed by atoms with E-state index in [1.165, 1.54) is 16.5 Å². The largest absolute Gasteiger partial charge is 0.332 e. The molecule has 0 bridgehead atoms. The molecule has 0 aliphatic heterocycles. The van der Waals surface area contributed by atoms with Gasteiger partial charge < -0.3 is 4.90 Å². The Labute approximate surface area is 202 Å². The summed E-state index contributed by atoms with van der Waals surface area (Å²) >= 11 is 12.3. The maximum Gasteiger partial charge on any atom is 0.266 e. The summed E-state index contributed by atoms with van der Waals surface area (Å²) in [6, 6.07) is 19.3. The van der Waals surface area contributed by atoms with Crippen molar-refractivity contribution in [1.29, 1.82) is 0 Å². The van der Waals surface area contributed by atoms with Gasteiger partial charge in [-0.1, -0.05) is 54.4 Å². The third-order valence-corrected chi connectivity index (χ3v) is 6.39. The fraction of sp³-hybridized carbons (Fsp3) is 0.192. The molecule has 1 aromatic heterocycles. The quantitative estimate of drug-likeness (QED) is 0.348. The number of para-hydroxylation sites is 1. The Morgan fingerprint density at radius 1 is 1.06 bits per heavy atom. The number of halogens is 2. The molecule has 1 atom stereocenters. The number of fused-ring (bicyclic) bond motifs is 1. The number of hydrogen-bond acceptors (Lipinski definition) is 3. The van der Waals surface area contributed by atoms with Gasteiger partial charge in [0, 0.05) is 12.1 Å². The molecule has 1 amide bonds. The molecule has 168 valence electrons. The van der Waals surface area contributed by atoms with Gasteiger partial charge in [-0.3, -0.25) is 14.2 Å². The smallest absolute Gasteiger partial charge is 0.266 e. The normalized spacial score (nSPS) is 12.0. The molecule has 0 aliphatic rings. The second-order valence-electron chi connectivity index (χ2n) is 7.86. The summed E-state index contributed by atoms with van der Waals surface area (Å²) in [6.45, 7) is 3.92. The average Bonchev–Trinajstić information content (AvgIpc) is 2.83. The van der Waals surface area contributed by atoms with Crippen LogP contribution in [0.2, 0.25) is 10.0 Å². The van der Waals surface area contributed by atoms with E-state index in [-0.39, 0.29) is 16.5 Å². The molecule has 0 spiro atoms. The highest BCUT2D eigenvalue weighted by Crippen LogP contribution is 2.27. The summed E-state index contributed by atoms with van der Waals surface area (Å²) in [7, 11) is 1.67. The Hall–Kier alpha value is -3.15. The number of aromatic nitrogens is 2. The predicted octanol–water partition coefficient (Wildman–Crippen LogP) is 6.09. The predicted molar refractivity (Wildman–Crippen MR) is 134 cm³/mol. The molecule has 3 aromatic carbocycles. The first-order valence-corrected chi connectivity index (χ1v) is 11.4. The lowest BCUT2D eigenvalue weighted by molar-refractivity contribution is 0.0735. The van der Waals surface area contributed by atoms with Crippen LogP contribution in [-0.4, -0.2) is 27.4 Å². The molecular weight excluding hydrogens is 457 g/mol. The zero-order chi connectivity index (χ0) is 23.7. The Bertz CT molecular complexity index is 1400. The lowest BCUT2D eigenvalue weighted by Crippen LogP contribution is -2.35. The monoisotopic (exact) mass is 479 g/mol. The van der Waals surface area contributed by atoms with Crippen molar-refractivity contribution < 1.29 is 4.79 Å². The molecule has 0 fully saturated rings. The van der Waals surface area contributed by atoms with Crippen LogP contribution in [0.3, 0.4) is 0 Å². The first-order valence-electron chi connectivity index (χ1n) is 10.6. The Morgan fingerprint density at radius 3 is 2.42 bits per heavy atom. The molecule has 4 aromatic rings. The van der Waals surface area contributed by atoms with Gasteiger partial charge in [-0.05, 0) is 61.4 Å². The number of aryl methyl sites for hydroxylation is 1. The third-order valence-electron chi connectivity index (χ3n) is 5.84. The molecule has 0 aliphatic carbocycles. The zero-order valence-electron chi connectivity index (χ0n) is 18.5. The van der Waals surface area contributed by atoms with Crippen molar-refractivity contribution in [2.24, 2.45) is 0 Å². The van der Waals surface area contributed by atoms with Crippen molar-refractivity contribution in [3.63, 3.8) is 0 Å². The second-order valence-corrected chi connectivity index (χ2v) is 8.71. The van der Waals surface area contributed by atoms with Crippen molar-refractivity contribution in [1.82, 2.24) is 14.5 Å². The van der Waals surface area contributed by atoms with Crippen LogP contribution in [-0.2, 0) is 6.42 Å². The van der Waals surface area contributed by atoms with Crippen LogP contribution < -0.4 is 5.56 Å². The van der Waals surface area contributed by atoms with E-state index in [4.69, 9.17) is 28.2 Å². The van der Waals surface area contributed by atoms with Gasteiger partial charge in [0.25, 0.3) is 11.5 Å². The summed E-state index contributed by atoms with van der Waals surface area (Å²) in [5.74, 6) is 0.170. The number of carbonyl (C=O) groups is 1. The minimum absolute atomic E-state index is 0.183. The summed E-state index contributed by atoms with van der Waals surface area (Å²) in [5, 5.41) is 1.24. The summed E-state index contributed by atoms with van der Waals surface area (Å²) < 4.78 is 1.58. The summed E-state index contributed by atoms with van der Waals surface area (Å²) in [4.78, 5) is 33.1. The minimum Gasteiger partial charge on any atom is -0.332 e. The molecule has 0 saturated carbocycles. The molecule has 0 radical (unpaired) electrons. The van der Waals surface area contributed by atoms with E-state index < -0.39 is 6.04 Å². The molecule has 0 saturated heterocycles. The molecule has 33 heavy (non-hydrogen) atoms. The number of benzene rings is 3. The van der Waals surface area contributed by atoms with Crippen LogP contribution in [0.5, 0.6) is 0 Å². The maximum absolute atomic E-state index is 13.5. The summed E-state index contributed by atoms with van der Waals surface area (Å²) in [5.41, 5.74) is 2.59. The molecule has 7 heteroatoms. The van der Waals surface area contributed by atoms with Crippen LogP contribution in [0, 0.1) is 0 Å². The standard InChI is InChI=1S/C26H23Cl2N3O2/c1-4-17-9-12-19(13-10-17)31-24(29-23-8-6-5-7-21(23)26(31)33)16(2)30(3)25(32)20-14-11-18(27)15-22(20)28/h5-16H,4H2,1-3H3. The lowest BCUT2D eigenvalue weighted by Gasteiger charge is -2.27. The van der Waals surface area contributed by atoms with Crippen molar-refractivity contribution in [3.05, 3.63) is 104 Å². The molecule has 5 nitrogen and oxygen atoms in total. The van der Waals surface area contributed by atoms with Crippen LogP contribution >= 0.6 is 23.2 Å². The van der Waals surface area contributed by atoms with Crippen molar-refractivity contribution in [2.75, 3.05) is 7.05 Å². The van der Waals surface area contributed by atoms with E-state index in [0.717, 1.165) is 6.42 Å². The van der Waals surface area contributed by atoms with Gasteiger partial charge in [0.2, 0.25) is 0 Å². The van der Waals surface area contributed by atoms with Crippen LogP contribution in [0.1, 0.15) is 41.6 Å². The van der Waals surface area contributed by atoms with Gasteiger partial charge in [0.15, 0.2) is 0 Å². The second kappa shape index (κ2) is 9.38. The van der Waals surface area contributed by atoms with Gasteiger partial charge in [0.05, 0.1) is 33.2 Å². The number of hydrogen-bond donors (Lipinski definition) is 0. The molecular formula is C26H23Cl2N3O2. The lowest BCUT2D eigenvalue weighted by atomic mass is 10.1. The number of amides is 1. The summed E-state index contributed by atoms with van der Waals surface area (Å²) in [6.07, 6.45) is 0.896. The Balaban J connectivity index is 1.86. The zero-order valence-corrected chi connectivity index (χ0v) is 20.1. The van der Waals surface area contributed by atoms with E-state index >= 15 is 0 Å². The number of rotatable bonds is 5.